The summed E-state index contributed by atoms with van der Waals surface area (Å²) in [6.07, 6.45) is 2.49. The van der Waals surface area contributed by atoms with Crippen molar-refractivity contribution in [1.82, 2.24) is 15.0 Å². The Balaban J connectivity index is 1.57. The Kier molecular flexibility index (Phi) is 5.19. The van der Waals surface area contributed by atoms with E-state index in [1.165, 1.54) is 0 Å². The molecule has 1 fully saturated rings. The number of ether oxygens (including phenoxy) is 1. The van der Waals surface area contributed by atoms with Gasteiger partial charge < -0.3 is 19.9 Å². The first-order valence-corrected chi connectivity index (χ1v) is 9.58. The number of aliphatic hydroxyl groups excluding tert-OH is 1. The molecule has 0 unspecified atom stereocenters. The third-order valence-corrected chi connectivity index (χ3v) is 5.44. The molecule has 0 bridgehead atoms. The minimum Gasteiger partial charge on any atom is -0.481 e. The second-order valence-electron chi connectivity index (χ2n) is 6.98. The Labute approximate surface area is 166 Å². The quantitative estimate of drug-likeness (QED) is 0.600. The molecule has 3 N–H and O–H groups in total. The van der Waals surface area contributed by atoms with Gasteiger partial charge in [-0.25, -0.2) is 4.98 Å². The molecule has 1 saturated carbocycles. The highest BCUT2D eigenvalue weighted by Gasteiger charge is 2.27. The van der Waals surface area contributed by atoms with E-state index in [0.29, 0.717) is 53.6 Å². The van der Waals surface area contributed by atoms with Gasteiger partial charge in [0, 0.05) is 5.56 Å². The van der Waals surface area contributed by atoms with Crippen molar-refractivity contribution in [1.29, 1.82) is 0 Å². The number of aliphatic hydroxyl groups is 1. The van der Waals surface area contributed by atoms with Crippen LogP contribution in [0, 0.1) is 5.92 Å². The number of H-pyrrole nitrogens is 1. The summed E-state index contributed by atoms with van der Waals surface area (Å²) in [6.45, 7) is -0.111. The Morgan fingerprint density at radius 3 is 2.68 bits per heavy atom. The maximum absolute atomic E-state index is 11.1. The largest absolute Gasteiger partial charge is 0.481 e. The van der Waals surface area contributed by atoms with Crippen molar-refractivity contribution in [2.45, 2.75) is 38.4 Å². The highest BCUT2D eigenvalue weighted by molar-refractivity contribution is 6.33. The van der Waals surface area contributed by atoms with Gasteiger partial charge in [-0.05, 0) is 37.3 Å². The molecular formula is C20H20ClN3O4. The molecule has 2 heterocycles. The maximum Gasteiger partial charge on any atom is 0.306 e. The van der Waals surface area contributed by atoms with Crippen LogP contribution in [0.25, 0.3) is 22.4 Å². The number of carboxylic acids is 1. The number of halogens is 1. The summed E-state index contributed by atoms with van der Waals surface area (Å²) in [4.78, 5) is 23.1. The zero-order valence-corrected chi connectivity index (χ0v) is 15.8. The lowest BCUT2D eigenvalue weighted by atomic mass is 9.87. The van der Waals surface area contributed by atoms with Crippen LogP contribution in [-0.4, -0.2) is 37.2 Å². The molecule has 2 aromatic heterocycles. The van der Waals surface area contributed by atoms with Crippen LogP contribution in [0.3, 0.4) is 0 Å². The number of nitrogens with one attached hydrogen (secondary N) is 1. The summed E-state index contributed by atoms with van der Waals surface area (Å²) in [5.41, 5.74) is 3.18. The first-order valence-electron chi connectivity index (χ1n) is 9.20. The van der Waals surface area contributed by atoms with E-state index in [1.54, 1.807) is 6.07 Å². The molecule has 3 aromatic rings. The second-order valence-corrected chi connectivity index (χ2v) is 7.38. The van der Waals surface area contributed by atoms with E-state index in [0.717, 1.165) is 11.1 Å². The lowest BCUT2D eigenvalue weighted by Crippen LogP contribution is -2.28. The van der Waals surface area contributed by atoms with Crippen LogP contribution >= 0.6 is 11.6 Å². The number of nitrogens with zero attached hydrogens (tertiary/aromatic N) is 2. The van der Waals surface area contributed by atoms with E-state index in [9.17, 15) is 9.90 Å². The van der Waals surface area contributed by atoms with E-state index in [-0.39, 0.29) is 18.6 Å². The first-order chi connectivity index (χ1) is 13.5. The Morgan fingerprint density at radius 1 is 1.21 bits per heavy atom. The summed E-state index contributed by atoms with van der Waals surface area (Å²) >= 11 is 6.43. The molecule has 28 heavy (non-hydrogen) atoms. The van der Waals surface area contributed by atoms with Crippen molar-refractivity contribution in [3.05, 3.63) is 40.9 Å². The van der Waals surface area contributed by atoms with Gasteiger partial charge in [0.2, 0.25) is 0 Å². The van der Waals surface area contributed by atoms with Crippen molar-refractivity contribution in [3.63, 3.8) is 0 Å². The molecule has 0 aliphatic heterocycles. The normalized spacial score (nSPS) is 19.6. The van der Waals surface area contributed by atoms with Gasteiger partial charge in [0.05, 0.1) is 28.8 Å². The highest BCUT2D eigenvalue weighted by atomic mass is 35.5. The smallest absolute Gasteiger partial charge is 0.306 e. The lowest BCUT2D eigenvalue weighted by molar-refractivity contribution is -0.143. The summed E-state index contributed by atoms with van der Waals surface area (Å²) in [7, 11) is 0. The summed E-state index contributed by atoms with van der Waals surface area (Å²) < 4.78 is 5.92. The minimum absolute atomic E-state index is 0.0683. The number of fused-ring (bicyclic) bond motifs is 1. The molecule has 146 valence electrons. The molecule has 1 aromatic carbocycles. The maximum atomic E-state index is 11.1. The number of hydrogen-bond acceptors (Lipinski definition) is 5. The summed E-state index contributed by atoms with van der Waals surface area (Å²) in [5, 5.41) is 19.1. The van der Waals surface area contributed by atoms with Crippen molar-refractivity contribution in [2.24, 2.45) is 5.92 Å². The fourth-order valence-electron chi connectivity index (χ4n) is 3.62. The van der Waals surface area contributed by atoms with E-state index in [1.807, 2.05) is 24.3 Å². The number of pyridine rings is 1. The Bertz CT molecular complexity index is 1010. The average Bonchev–Trinajstić information content (AvgIpc) is 3.08. The SMILES string of the molecule is O=C(O)C1CCC(Oc2nc3nc(-c4ccccc4CO)c(Cl)cc3[nH]2)CC1. The number of hydrogen-bond donors (Lipinski definition) is 3. The molecule has 1 aliphatic carbocycles. The van der Waals surface area contributed by atoms with Crippen LogP contribution in [0.1, 0.15) is 31.2 Å². The molecule has 0 atom stereocenters. The molecule has 7 nitrogen and oxygen atoms in total. The Hall–Kier alpha value is -2.64. The van der Waals surface area contributed by atoms with Crippen molar-refractivity contribution in [3.8, 4) is 17.3 Å². The molecule has 0 radical (unpaired) electrons. The molecule has 1 aliphatic rings. The lowest BCUT2D eigenvalue weighted by Gasteiger charge is -2.25. The van der Waals surface area contributed by atoms with E-state index in [2.05, 4.69) is 15.0 Å². The number of aromatic amines is 1. The van der Waals surface area contributed by atoms with Crippen molar-refractivity contribution >= 4 is 28.7 Å². The Morgan fingerprint density at radius 2 is 1.96 bits per heavy atom. The zero-order chi connectivity index (χ0) is 19.7. The third-order valence-electron chi connectivity index (χ3n) is 5.15. The van der Waals surface area contributed by atoms with Crippen LogP contribution in [-0.2, 0) is 11.4 Å². The third kappa shape index (κ3) is 3.68. The van der Waals surface area contributed by atoms with Crippen LogP contribution in [0.15, 0.2) is 30.3 Å². The second kappa shape index (κ2) is 7.77. The molecule has 0 saturated heterocycles. The molecule has 4 rings (SSSR count). The van der Waals surface area contributed by atoms with Gasteiger partial charge in [0.1, 0.15) is 6.10 Å². The van der Waals surface area contributed by atoms with Crippen LogP contribution < -0.4 is 4.74 Å². The van der Waals surface area contributed by atoms with Crippen LogP contribution in [0.4, 0.5) is 0 Å². The van der Waals surface area contributed by atoms with Gasteiger partial charge in [0.15, 0.2) is 5.65 Å². The zero-order valence-electron chi connectivity index (χ0n) is 15.1. The van der Waals surface area contributed by atoms with Gasteiger partial charge in [-0.15, -0.1) is 0 Å². The fourth-order valence-corrected chi connectivity index (χ4v) is 3.87. The number of carbonyl (C=O) groups is 1. The number of imidazole rings is 1. The number of aliphatic carboxylic acids is 1. The van der Waals surface area contributed by atoms with E-state index in [4.69, 9.17) is 21.4 Å². The predicted molar refractivity (Wildman–Crippen MR) is 104 cm³/mol. The van der Waals surface area contributed by atoms with Crippen LogP contribution in [0.2, 0.25) is 5.02 Å². The van der Waals surface area contributed by atoms with Gasteiger partial charge in [-0.1, -0.05) is 35.9 Å². The van der Waals surface area contributed by atoms with Crippen LogP contribution in [0.5, 0.6) is 6.01 Å². The molecule has 0 amide bonds. The van der Waals surface area contributed by atoms with E-state index >= 15 is 0 Å². The van der Waals surface area contributed by atoms with Gasteiger partial charge in [-0.3, -0.25) is 4.79 Å². The number of carboxylic acid groups (broad SMARTS) is 1. The summed E-state index contributed by atoms with van der Waals surface area (Å²) in [6, 6.07) is 9.49. The van der Waals surface area contributed by atoms with Gasteiger partial charge in [0.25, 0.3) is 6.01 Å². The predicted octanol–water partition coefficient (Wildman–Crippen LogP) is 3.79. The first kappa shape index (κ1) is 18.7. The molecular weight excluding hydrogens is 382 g/mol. The number of benzene rings is 1. The standard InChI is InChI=1S/C20H20ClN3O4/c21-15-9-16-18(23-17(15)14-4-2-1-3-12(14)10-25)24-20(22-16)28-13-7-5-11(6-8-13)19(26)27/h1-4,9,11,13,25H,5-8,10H2,(H,26,27)(H,22,23,24). The van der Waals surface area contributed by atoms with Crippen molar-refractivity contribution < 1.29 is 19.7 Å². The fraction of sp³-hybridized carbons (Fsp3) is 0.350. The number of rotatable bonds is 5. The van der Waals surface area contributed by atoms with E-state index < -0.39 is 5.97 Å². The summed E-state index contributed by atoms with van der Waals surface area (Å²) in [5.74, 6) is -1.03. The van der Waals surface area contributed by atoms with Gasteiger partial charge in [-0.2, -0.15) is 4.98 Å². The van der Waals surface area contributed by atoms with Gasteiger partial charge >= 0.3 is 5.97 Å². The number of aromatic nitrogens is 3. The minimum atomic E-state index is -0.739. The molecule has 8 heteroatoms. The topological polar surface area (TPSA) is 108 Å². The highest BCUT2D eigenvalue weighted by Crippen LogP contribution is 2.32. The molecule has 0 spiro atoms. The monoisotopic (exact) mass is 401 g/mol. The van der Waals surface area contributed by atoms with Crippen molar-refractivity contribution in [2.75, 3.05) is 0 Å². The average molecular weight is 402 g/mol.